The fourth-order valence-electron chi connectivity index (χ4n) is 2.72. The first-order chi connectivity index (χ1) is 8.18. The number of amides is 1. The van der Waals surface area contributed by atoms with Gasteiger partial charge in [0.15, 0.2) is 0 Å². The van der Waals surface area contributed by atoms with Crippen LogP contribution in [0.3, 0.4) is 0 Å². The van der Waals surface area contributed by atoms with Gasteiger partial charge in [0.25, 0.3) is 0 Å². The summed E-state index contributed by atoms with van der Waals surface area (Å²) < 4.78 is 5.27. The van der Waals surface area contributed by atoms with Crippen molar-refractivity contribution in [2.75, 3.05) is 19.8 Å². The van der Waals surface area contributed by atoms with E-state index < -0.39 is 5.97 Å². The SMILES string of the molecule is O=C(O)CC1COCCN1C(=O)C1CCCC1. The minimum atomic E-state index is -0.871. The number of rotatable bonds is 3. The van der Waals surface area contributed by atoms with E-state index in [-0.39, 0.29) is 24.3 Å². The second kappa shape index (κ2) is 5.49. The second-order valence-corrected chi connectivity index (χ2v) is 4.84. The van der Waals surface area contributed by atoms with Gasteiger partial charge in [-0.15, -0.1) is 0 Å². The van der Waals surface area contributed by atoms with E-state index in [9.17, 15) is 9.59 Å². The number of hydrogen-bond acceptors (Lipinski definition) is 3. The lowest BCUT2D eigenvalue weighted by atomic mass is 10.0. The minimum absolute atomic E-state index is 0.0154. The van der Waals surface area contributed by atoms with Crippen molar-refractivity contribution in [3.63, 3.8) is 0 Å². The Labute approximate surface area is 101 Å². The van der Waals surface area contributed by atoms with Crippen molar-refractivity contribution >= 4 is 11.9 Å². The molecule has 0 radical (unpaired) electrons. The Hall–Kier alpha value is -1.10. The molecule has 1 atom stereocenters. The number of hydrogen-bond donors (Lipinski definition) is 1. The largest absolute Gasteiger partial charge is 0.481 e. The monoisotopic (exact) mass is 241 g/mol. The van der Waals surface area contributed by atoms with Gasteiger partial charge in [-0.3, -0.25) is 9.59 Å². The predicted octanol–water partition coefficient (Wildman–Crippen LogP) is 0.879. The molecular weight excluding hydrogens is 222 g/mol. The van der Waals surface area contributed by atoms with Gasteiger partial charge in [-0.1, -0.05) is 12.8 Å². The van der Waals surface area contributed by atoms with Crippen LogP contribution in [-0.4, -0.2) is 47.7 Å². The molecule has 0 aromatic carbocycles. The lowest BCUT2D eigenvalue weighted by Crippen LogP contribution is -2.51. The Balaban J connectivity index is 1.99. The number of nitrogens with zero attached hydrogens (tertiary/aromatic N) is 1. The third-order valence-corrected chi connectivity index (χ3v) is 3.63. The zero-order chi connectivity index (χ0) is 12.3. The normalized spacial score (nSPS) is 26.1. The number of carboxylic acid groups (broad SMARTS) is 1. The van der Waals surface area contributed by atoms with Crippen LogP contribution in [0.4, 0.5) is 0 Å². The van der Waals surface area contributed by atoms with Crippen molar-refractivity contribution in [1.29, 1.82) is 0 Å². The standard InChI is InChI=1S/C12H19NO4/c14-11(15)7-10-8-17-6-5-13(10)12(16)9-3-1-2-4-9/h9-10H,1-8H2,(H,14,15). The highest BCUT2D eigenvalue weighted by molar-refractivity contribution is 5.80. The summed E-state index contributed by atoms with van der Waals surface area (Å²) in [5, 5.41) is 8.84. The van der Waals surface area contributed by atoms with Crippen LogP contribution in [0.1, 0.15) is 32.1 Å². The average Bonchev–Trinajstić information content (AvgIpc) is 2.81. The molecule has 1 unspecified atom stereocenters. The smallest absolute Gasteiger partial charge is 0.305 e. The summed E-state index contributed by atoms with van der Waals surface area (Å²) in [7, 11) is 0. The fourth-order valence-corrected chi connectivity index (χ4v) is 2.72. The van der Waals surface area contributed by atoms with Crippen LogP contribution in [0.5, 0.6) is 0 Å². The summed E-state index contributed by atoms with van der Waals surface area (Å²) in [6.07, 6.45) is 4.12. The van der Waals surface area contributed by atoms with Gasteiger partial charge in [0.1, 0.15) is 0 Å². The van der Waals surface area contributed by atoms with Crippen molar-refractivity contribution in [1.82, 2.24) is 4.90 Å². The number of morpholine rings is 1. The molecule has 5 heteroatoms. The van der Waals surface area contributed by atoms with E-state index in [0.29, 0.717) is 19.8 Å². The molecule has 2 aliphatic rings. The molecule has 1 amide bonds. The summed E-state index contributed by atoms with van der Waals surface area (Å²) in [5.41, 5.74) is 0. The molecule has 2 fully saturated rings. The van der Waals surface area contributed by atoms with Crippen LogP contribution in [0.15, 0.2) is 0 Å². The van der Waals surface area contributed by atoms with Gasteiger partial charge in [-0.2, -0.15) is 0 Å². The lowest BCUT2D eigenvalue weighted by Gasteiger charge is -2.36. The molecule has 5 nitrogen and oxygen atoms in total. The Kier molecular flexibility index (Phi) is 3.99. The molecule has 1 saturated carbocycles. The first kappa shape index (κ1) is 12.4. The van der Waals surface area contributed by atoms with Gasteiger partial charge >= 0.3 is 5.97 Å². The van der Waals surface area contributed by atoms with E-state index in [1.54, 1.807) is 4.90 Å². The molecule has 1 aliphatic carbocycles. The molecule has 2 rings (SSSR count). The number of carbonyl (C=O) groups excluding carboxylic acids is 1. The van der Waals surface area contributed by atoms with Crippen molar-refractivity contribution in [3.8, 4) is 0 Å². The predicted molar refractivity (Wildman–Crippen MR) is 60.5 cm³/mol. The highest BCUT2D eigenvalue weighted by atomic mass is 16.5. The van der Waals surface area contributed by atoms with Crippen LogP contribution < -0.4 is 0 Å². The molecule has 96 valence electrons. The maximum Gasteiger partial charge on any atom is 0.305 e. The van der Waals surface area contributed by atoms with Gasteiger partial charge < -0.3 is 14.7 Å². The molecule has 1 N–H and O–H groups in total. The van der Waals surface area contributed by atoms with Crippen molar-refractivity contribution in [2.24, 2.45) is 5.92 Å². The number of carbonyl (C=O) groups is 2. The summed E-state index contributed by atoms with van der Waals surface area (Å²) >= 11 is 0. The van der Waals surface area contributed by atoms with E-state index in [1.165, 1.54) is 0 Å². The number of ether oxygens (including phenoxy) is 1. The minimum Gasteiger partial charge on any atom is -0.481 e. The summed E-state index contributed by atoms with van der Waals surface area (Å²) in [6.45, 7) is 1.41. The highest BCUT2D eigenvalue weighted by Crippen LogP contribution is 2.28. The Bertz CT molecular complexity index is 299. The topological polar surface area (TPSA) is 66.8 Å². The van der Waals surface area contributed by atoms with Crippen LogP contribution in [0.2, 0.25) is 0 Å². The molecule has 0 spiro atoms. The van der Waals surface area contributed by atoms with E-state index in [2.05, 4.69) is 0 Å². The van der Waals surface area contributed by atoms with Gasteiger partial charge in [0.2, 0.25) is 5.91 Å². The molecule has 0 aromatic heterocycles. The molecule has 0 aromatic rings. The molecule has 17 heavy (non-hydrogen) atoms. The first-order valence-corrected chi connectivity index (χ1v) is 6.28. The van der Waals surface area contributed by atoms with Crippen LogP contribution in [-0.2, 0) is 14.3 Å². The van der Waals surface area contributed by atoms with Gasteiger partial charge in [-0.25, -0.2) is 0 Å². The van der Waals surface area contributed by atoms with Crippen molar-refractivity contribution in [2.45, 2.75) is 38.1 Å². The van der Waals surface area contributed by atoms with Gasteiger partial charge in [-0.05, 0) is 12.8 Å². The zero-order valence-corrected chi connectivity index (χ0v) is 9.93. The summed E-state index contributed by atoms with van der Waals surface area (Å²) in [6, 6.07) is -0.283. The van der Waals surface area contributed by atoms with E-state index in [1.807, 2.05) is 0 Å². The van der Waals surface area contributed by atoms with Crippen LogP contribution in [0.25, 0.3) is 0 Å². The number of aliphatic carboxylic acids is 1. The maximum atomic E-state index is 12.3. The Morgan fingerprint density at radius 3 is 2.65 bits per heavy atom. The lowest BCUT2D eigenvalue weighted by molar-refractivity contribution is -0.148. The zero-order valence-electron chi connectivity index (χ0n) is 9.93. The molecular formula is C12H19NO4. The molecule has 1 heterocycles. The second-order valence-electron chi connectivity index (χ2n) is 4.84. The molecule has 0 bridgehead atoms. The van der Waals surface area contributed by atoms with E-state index >= 15 is 0 Å². The van der Waals surface area contributed by atoms with Gasteiger partial charge in [0.05, 0.1) is 25.7 Å². The maximum absolute atomic E-state index is 12.3. The number of carboxylic acids is 1. The fraction of sp³-hybridized carbons (Fsp3) is 0.833. The Morgan fingerprint density at radius 1 is 1.29 bits per heavy atom. The summed E-state index contributed by atoms with van der Waals surface area (Å²) in [4.78, 5) is 24.8. The summed E-state index contributed by atoms with van der Waals surface area (Å²) in [5.74, 6) is -0.619. The molecule has 1 aliphatic heterocycles. The molecule has 1 saturated heterocycles. The van der Waals surface area contributed by atoms with Crippen LogP contribution in [0, 0.1) is 5.92 Å². The highest BCUT2D eigenvalue weighted by Gasteiger charge is 2.34. The first-order valence-electron chi connectivity index (χ1n) is 6.28. The third kappa shape index (κ3) is 2.97. The van der Waals surface area contributed by atoms with E-state index in [4.69, 9.17) is 9.84 Å². The third-order valence-electron chi connectivity index (χ3n) is 3.63. The van der Waals surface area contributed by atoms with Crippen LogP contribution >= 0.6 is 0 Å². The van der Waals surface area contributed by atoms with Crippen molar-refractivity contribution < 1.29 is 19.4 Å². The average molecular weight is 241 g/mol. The van der Waals surface area contributed by atoms with Gasteiger partial charge in [0, 0.05) is 12.5 Å². The Morgan fingerprint density at radius 2 is 2.00 bits per heavy atom. The van der Waals surface area contributed by atoms with Crippen molar-refractivity contribution in [3.05, 3.63) is 0 Å². The van der Waals surface area contributed by atoms with E-state index in [0.717, 1.165) is 25.7 Å². The quantitative estimate of drug-likeness (QED) is 0.796.